The molecule has 0 saturated carbocycles. The van der Waals surface area contributed by atoms with E-state index < -0.39 is 12.3 Å². The topological polar surface area (TPSA) is 91.7 Å². The van der Waals surface area contributed by atoms with Crippen molar-refractivity contribution in [3.05, 3.63) is 66.0 Å². The molecule has 1 aliphatic heterocycles. The number of rotatable bonds is 9. The Morgan fingerprint density at radius 1 is 1.05 bits per heavy atom. The molecule has 4 aromatic rings. The molecular formula is C28H30F2N6O3. The fourth-order valence-corrected chi connectivity index (χ4v) is 4.81. The van der Waals surface area contributed by atoms with Crippen LogP contribution in [0.4, 0.5) is 20.2 Å². The van der Waals surface area contributed by atoms with E-state index in [0.717, 1.165) is 60.8 Å². The fourth-order valence-electron chi connectivity index (χ4n) is 4.81. The van der Waals surface area contributed by atoms with Crippen LogP contribution in [-0.4, -0.2) is 59.7 Å². The molecular weight excluding hydrogens is 506 g/mol. The van der Waals surface area contributed by atoms with Gasteiger partial charge in [-0.05, 0) is 82.4 Å². The summed E-state index contributed by atoms with van der Waals surface area (Å²) in [5, 5.41) is 7.02. The van der Waals surface area contributed by atoms with Crippen LogP contribution in [0.1, 0.15) is 36.6 Å². The van der Waals surface area contributed by atoms with Gasteiger partial charge >= 0.3 is 6.43 Å². The number of aryl methyl sites for hydroxylation is 1. The molecule has 1 fully saturated rings. The molecule has 1 aliphatic rings. The summed E-state index contributed by atoms with van der Waals surface area (Å²) in [6, 6.07) is 13.5. The zero-order chi connectivity index (χ0) is 27.5. The number of carbonyl (C=O) groups excluding carboxylic acids is 1. The number of pyridine rings is 1. The van der Waals surface area contributed by atoms with E-state index in [1.54, 1.807) is 17.0 Å². The SMILES string of the molecule is Cc1ccc(-c2ccc(N(C)C3CCN(C)CC3)c(N(C=O)Cc3ccc(-c4nnc(C(F)F)o4)cn3)c2)o1. The lowest BCUT2D eigenvalue weighted by Gasteiger charge is -2.38. The number of hydrogen-bond donors (Lipinski definition) is 0. The third kappa shape index (κ3) is 5.83. The molecule has 0 aliphatic carbocycles. The highest BCUT2D eigenvalue weighted by Crippen LogP contribution is 2.37. The van der Waals surface area contributed by atoms with E-state index >= 15 is 0 Å². The van der Waals surface area contributed by atoms with E-state index in [1.807, 2.05) is 37.3 Å². The second-order valence-corrected chi connectivity index (χ2v) is 9.78. The Morgan fingerprint density at radius 3 is 2.44 bits per heavy atom. The molecule has 1 saturated heterocycles. The molecule has 0 radical (unpaired) electrons. The number of benzene rings is 1. The normalized spacial score (nSPS) is 14.6. The summed E-state index contributed by atoms with van der Waals surface area (Å²) in [5.41, 5.74) is 3.55. The first-order valence-corrected chi connectivity index (χ1v) is 12.7. The van der Waals surface area contributed by atoms with Gasteiger partial charge in [-0.1, -0.05) is 0 Å². The van der Waals surface area contributed by atoms with Crippen molar-refractivity contribution in [1.29, 1.82) is 0 Å². The number of amides is 1. The van der Waals surface area contributed by atoms with Gasteiger partial charge in [-0.3, -0.25) is 9.78 Å². The van der Waals surface area contributed by atoms with Gasteiger partial charge in [0.2, 0.25) is 12.3 Å². The quantitative estimate of drug-likeness (QED) is 0.265. The van der Waals surface area contributed by atoms with Crippen LogP contribution in [0.25, 0.3) is 22.8 Å². The molecule has 5 rings (SSSR count). The predicted octanol–water partition coefficient (Wildman–Crippen LogP) is 5.33. The van der Waals surface area contributed by atoms with Crippen molar-refractivity contribution in [2.24, 2.45) is 0 Å². The lowest BCUT2D eigenvalue weighted by Crippen LogP contribution is -2.42. The van der Waals surface area contributed by atoms with Crippen molar-refractivity contribution in [2.45, 2.75) is 38.8 Å². The van der Waals surface area contributed by atoms with E-state index in [2.05, 4.69) is 39.1 Å². The maximum Gasteiger partial charge on any atom is 0.314 e. The van der Waals surface area contributed by atoms with Crippen LogP contribution in [0.2, 0.25) is 0 Å². The molecule has 11 heteroatoms. The highest BCUT2D eigenvalue weighted by Gasteiger charge is 2.25. The summed E-state index contributed by atoms with van der Waals surface area (Å²) in [6.45, 7) is 4.12. The minimum atomic E-state index is -2.85. The van der Waals surface area contributed by atoms with Crippen molar-refractivity contribution in [2.75, 3.05) is 37.0 Å². The molecule has 0 bridgehead atoms. The molecule has 39 heavy (non-hydrogen) atoms. The Morgan fingerprint density at radius 2 is 1.82 bits per heavy atom. The number of carbonyl (C=O) groups is 1. The van der Waals surface area contributed by atoms with Crippen molar-refractivity contribution in [1.82, 2.24) is 20.1 Å². The van der Waals surface area contributed by atoms with Gasteiger partial charge in [0.25, 0.3) is 5.89 Å². The second kappa shape index (κ2) is 11.3. The van der Waals surface area contributed by atoms with Gasteiger partial charge < -0.3 is 23.5 Å². The zero-order valence-corrected chi connectivity index (χ0v) is 22.1. The molecule has 1 aromatic carbocycles. The number of likely N-dealkylation sites (tertiary alicyclic amines) is 1. The minimum Gasteiger partial charge on any atom is -0.461 e. The monoisotopic (exact) mass is 536 g/mol. The third-order valence-electron chi connectivity index (χ3n) is 7.08. The van der Waals surface area contributed by atoms with Gasteiger partial charge in [0.1, 0.15) is 11.5 Å². The van der Waals surface area contributed by atoms with E-state index in [0.29, 0.717) is 17.3 Å². The summed E-state index contributed by atoms with van der Waals surface area (Å²) in [5.74, 6) is 0.741. The summed E-state index contributed by atoms with van der Waals surface area (Å²) in [7, 11) is 4.20. The van der Waals surface area contributed by atoms with Crippen LogP contribution in [0, 0.1) is 6.92 Å². The highest BCUT2D eigenvalue weighted by molar-refractivity contribution is 5.87. The number of aromatic nitrogens is 3. The van der Waals surface area contributed by atoms with Crippen LogP contribution in [0.5, 0.6) is 0 Å². The number of nitrogens with zero attached hydrogens (tertiary/aromatic N) is 6. The Hall–Kier alpha value is -4.12. The molecule has 4 heterocycles. The predicted molar refractivity (Wildman–Crippen MR) is 143 cm³/mol. The molecule has 204 valence electrons. The minimum absolute atomic E-state index is 0.0416. The van der Waals surface area contributed by atoms with Crippen LogP contribution >= 0.6 is 0 Å². The van der Waals surface area contributed by atoms with Crippen LogP contribution in [-0.2, 0) is 11.3 Å². The first-order chi connectivity index (χ1) is 18.8. The van der Waals surface area contributed by atoms with Crippen molar-refractivity contribution in [3.63, 3.8) is 0 Å². The van der Waals surface area contributed by atoms with Gasteiger partial charge in [0.05, 0.1) is 29.2 Å². The van der Waals surface area contributed by atoms with E-state index in [1.165, 1.54) is 6.20 Å². The Kier molecular flexibility index (Phi) is 7.69. The average molecular weight is 537 g/mol. The first-order valence-electron chi connectivity index (χ1n) is 12.7. The number of furan rings is 1. The molecule has 0 spiro atoms. The number of halogens is 2. The van der Waals surface area contributed by atoms with Crippen molar-refractivity contribution < 1.29 is 22.4 Å². The van der Waals surface area contributed by atoms with E-state index in [9.17, 15) is 13.6 Å². The summed E-state index contributed by atoms with van der Waals surface area (Å²) in [4.78, 5) is 23.1. The average Bonchev–Trinajstić information content (AvgIpc) is 3.62. The van der Waals surface area contributed by atoms with Gasteiger partial charge in [-0.2, -0.15) is 8.78 Å². The Balaban J connectivity index is 1.44. The van der Waals surface area contributed by atoms with Gasteiger partial charge in [0.15, 0.2) is 0 Å². The maximum atomic E-state index is 12.8. The van der Waals surface area contributed by atoms with Crippen molar-refractivity contribution >= 4 is 17.8 Å². The molecule has 3 aromatic heterocycles. The summed E-state index contributed by atoms with van der Waals surface area (Å²) >= 11 is 0. The standard InChI is InChI=1S/C28H30F2N6O3/c1-18-4-9-25(38-18)19-6-8-23(35(3)22-10-12-34(2)13-11-22)24(14-19)36(17-37)16-21-7-5-20(15-31-21)27-32-33-28(39-27)26(29)30/h4-9,14-15,17,22,26H,10-13,16H2,1-3H3. The van der Waals surface area contributed by atoms with Crippen LogP contribution < -0.4 is 9.80 Å². The summed E-state index contributed by atoms with van der Waals surface area (Å²) < 4.78 is 36.5. The molecule has 0 unspecified atom stereocenters. The third-order valence-corrected chi connectivity index (χ3v) is 7.08. The largest absolute Gasteiger partial charge is 0.461 e. The second-order valence-electron chi connectivity index (χ2n) is 9.78. The maximum absolute atomic E-state index is 12.8. The fraction of sp³-hybridized carbons (Fsp3) is 0.357. The first kappa shape index (κ1) is 26.5. The number of piperidine rings is 1. The van der Waals surface area contributed by atoms with Gasteiger partial charge in [0, 0.05) is 24.8 Å². The van der Waals surface area contributed by atoms with Gasteiger partial charge in [-0.15, -0.1) is 10.2 Å². The number of alkyl halides is 2. The Labute approximate surface area is 225 Å². The highest BCUT2D eigenvalue weighted by atomic mass is 19.3. The molecule has 1 amide bonds. The number of anilines is 2. The van der Waals surface area contributed by atoms with Crippen LogP contribution in [0.15, 0.2) is 57.5 Å². The van der Waals surface area contributed by atoms with Crippen LogP contribution in [0.3, 0.4) is 0 Å². The van der Waals surface area contributed by atoms with Gasteiger partial charge in [-0.25, -0.2) is 0 Å². The van der Waals surface area contributed by atoms with E-state index in [-0.39, 0.29) is 12.4 Å². The zero-order valence-electron chi connectivity index (χ0n) is 22.1. The Bertz CT molecular complexity index is 1410. The molecule has 0 atom stereocenters. The lowest BCUT2D eigenvalue weighted by atomic mass is 10.0. The van der Waals surface area contributed by atoms with Crippen molar-refractivity contribution in [3.8, 4) is 22.8 Å². The molecule has 9 nitrogen and oxygen atoms in total. The number of hydrogen-bond acceptors (Lipinski definition) is 8. The molecule has 0 N–H and O–H groups in total. The smallest absolute Gasteiger partial charge is 0.314 e. The van der Waals surface area contributed by atoms with E-state index in [4.69, 9.17) is 8.83 Å². The summed E-state index contributed by atoms with van der Waals surface area (Å²) in [6.07, 6.45) is 1.47. The lowest BCUT2D eigenvalue weighted by molar-refractivity contribution is -0.107.